The number of carbonyl (C=O) groups is 1. The van der Waals surface area contributed by atoms with E-state index in [1.807, 2.05) is 0 Å². The molecule has 1 amide bonds. The highest BCUT2D eigenvalue weighted by Gasteiger charge is 2.13. The third-order valence-electron chi connectivity index (χ3n) is 2.82. The van der Waals surface area contributed by atoms with E-state index in [2.05, 4.69) is 5.32 Å². The van der Waals surface area contributed by atoms with Gasteiger partial charge in [-0.05, 0) is 35.7 Å². The SMILES string of the molecule is COc1ccc(OC[C@@H](O)CNC(=O)c2sccc2Cl)cc1. The number of amides is 1. The van der Waals surface area contributed by atoms with Crippen molar-refractivity contribution < 1.29 is 19.4 Å². The van der Waals surface area contributed by atoms with Crippen LogP contribution < -0.4 is 14.8 Å². The number of aliphatic hydroxyl groups is 1. The molecule has 0 radical (unpaired) electrons. The van der Waals surface area contributed by atoms with Crippen LogP contribution in [-0.2, 0) is 0 Å². The van der Waals surface area contributed by atoms with Crippen LogP contribution in [0.2, 0.25) is 5.02 Å². The molecule has 0 unspecified atom stereocenters. The lowest BCUT2D eigenvalue weighted by Gasteiger charge is -2.13. The van der Waals surface area contributed by atoms with Gasteiger partial charge in [0, 0.05) is 6.54 Å². The summed E-state index contributed by atoms with van der Waals surface area (Å²) in [6, 6.07) is 8.68. The zero-order valence-corrected chi connectivity index (χ0v) is 13.5. The summed E-state index contributed by atoms with van der Waals surface area (Å²) in [6.07, 6.45) is -0.815. The topological polar surface area (TPSA) is 67.8 Å². The molecule has 0 aliphatic carbocycles. The molecule has 5 nitrogen and oxygen atoms in total. The molecule has 2 aromatic rings. The standard InChI is InChI=1S/C15H16ClNO4S/c1-20-11-2-4-12(5-3-11)21-9-10(18)8-17-15(19)14-13(16)6-7-22-14/h2-7,10,18H,8-9H2,1H3,(H,17,19)/t10-/m0/s1. The Balaban J connectivity index is 1.74. The predicted octanol–water partition coefficient (Wildman–Crippen LogP) is 2.58. The summed E-state index contributed by atoms with van der Waals surface area (Å²) in [5.74, 6) is 1.05. The van der Waals surface area contributed by atoms with Crippen LogP contribution in [0.15, 0.2) is 35.7 Å². The van der Waals surface area contributed by atoms with Gasteiger partial charge in [-0.1, -0.05) is 11.6 Å². The summed E-state index contributed by atoms with van der Waals surface area (Å²) in [6.45, 7) is 0.161. The molecule has 0 saturated heterocycles. The van der Waals surface area contributed by atoms with Crippen LogP contribution >= 0.6 is 22.9 Å². The Bertz CT molecular complexity index is 614. The molecule has 1 atom stereocenters. The average Bonchev–Trinajstić information content (AvgIpc) is 2.97. The van der Waals surface area contributed by atoms with Crippen LogP contribution in [-0.4, -0.2) is 37.4 Å². The molecule has 1 heterocycles. The number of thiophene rings is 1. The Kier molecular flexibility index (Phi) is 6.06. The largest absolute Gasteiger partial charge is 0.497 e. The van der Waals surface area contributed by atoms with Crippen LogP contribution in [0.1, 0.15) is 9.67 Å². The Morgan fingerprint density at radius 2 is 2.00 bits per heavy atom. The number of halogens is 1. The van der Waals surface area contributed by atoms with Gasteiger partial charge in [0.2, 0.25) is 0 Å². The Hall–Kier alpha value is -1.76. The smallest absolute Gasteiger partial charge is 0.262 e. The van der Waals surface area contributed by atoms with Crippen LogP contribution in [0.4, 0.5) is 0 Å². The van der Waals surface area contributed by atoms with Crippen molar-refractivity contribution in [2.75, 3.05) is 20.3 Å². The maximum absolute atomic E-state index is 11.8. The molecule has 7 heteroatoms. The zero-order chi connectivity index (χ0) is 15.9. The fourth-order valence-corrected chi connectivity index (χ4v) is 2.73. The molecule has 0 fully saturated rings. The summed E-state index contributed by atoms with van der Waals surface area (Å²) < 4.78 is 10.5. The van der Waals surface area contributed by atoms with Gasteiger partial charge in [-0.25, -0.2) is 0 Å². The lowest BCUT2D eigenvalue weighted by molar-refractivity contribution is 0.0847. The number of hydrogen-bond acceptors (Lipinski definition) is 5. The number of carbonyl (C=O) groups excluding carboxylic acids is 1. The number of nitrogens with one attached hydrogen (secondary N) is 1. The van der Waals surface area contributed by atoms with Gasteiger partial charge in [0.1, 0.15) is 29.1 Å². The van der Waals surface area contributed by atoms with Gasteiger partial charge in [-0.3, -0.25) is 4.79 Å². The van der Waals surface area contributed by atoms with Crippen molar-refractivity contribution in [1.29, 1.82) is 0 Å². The molecule has 22 heavy (non-hydrogen) atoms. The minimum absolute atomic E-state index is 0.0742. The first-order chi connectivity index (χ1) is 10.6. The molecule has 2 rings (SSSR count). The van der Waals surface area contributed by atoms with Gasteiger partial charge >= 0.3 is 0 Å². The van der Waals surface area contributed by atoms with Crippen molar-refractivity contribution in [2.45, 2.75) is 6.10 Å². The van der Waals surface area contributed by atoms with Crippen LogP contribution in [0, 0.1) is 0 Å². The Morgan fingerprint density at radius 3 is 2.59 bits per heavy atom. The maximum atomic E-state index is 11.8. The monoisotopic (exact) mass is 341 g/mol. The van der Waals surface area contributed by atoms with Crippen LogP contribution in [0.3, 0.4) is 0 Å². The number of rotatable bonds is 7. The molecule has 0 spiro atoms. The summed E-state index contributed by atoms with van der Waals surface area (Å²) in [7, 11) is 1.59. The molecular weight excluding hydrogens is 326 g/mol. The number of benzene rings is 1. The minimum Gasteiger partial charge on any atom is -0.497 e. The second-order valence-corrected chi connectivity index (χ2v) is 5.77. The molecule has 0 saturated carbocycles. The number of aliphatic hydroxyl groups excluding tert-OH is 1. The second-order valence-electron chi connectivity index (χ2n) is 4.45. The van der Waals surface area contributed by atoms with Gasteiger partial charge in [0.25, 0.3) is 5.91 Å². The molecular formula is C15H16ClNO4S. The summed E-state index contributed by atoms with van der Waals surface area (Å²) in [5.41, 5.74) is 0. The number of methoxy groups -OCH3 is 1. The van der Waals surface area contributed by atoms with E-state index in [0.29, 0.717) is 15.6 Å². The zero-order valence-electron chi connectivity index (χ0n) is 11.9. The molecule has 0 bridgehead atoms. The highest BCUT2D eigenvalue weighted by Crippen LogP contribution is 2.21. The third kappa shape index (κ3) is 4.62. The Morgan fingerprint density at radius 1 is 1.32 bits per heavy atom. The van der Waals surface area contributed by atoms with E-state index >= 15 is 0 Å². The van der Waals surface area contributed by atoms with Crippen molar-refractivity contribution in [1.82, 2.24) is 5.32 Å². The Labute approximate surface area is 137 Å². The molecule has 2 N–H and O–H groups in total. The van der Waals surface area contributed by atoms with Crippen molar-refractivity contribution in [3.8, 4) is 11.5 Å². The minimum atomic E-state index is -0.815. The first-order valence-corrected chi connectivity index (χ1v) is 7.82. The highest BCUT2D eigenvalue weighted by atomic mass is 35.5. The molecule has 1 aromatic carbocycles. The van der Waals surface area contributed by atoms with E-state index in [9.17, 15) is 9.90 Å². The van der Waals surface area contributed by atoms with Crippen molar-refractivity contribution >= 4 is 28.8 Å². The van der Waals surface area contributed by atoms with Gasteiger partial charge in [0.05, 0.1) is 12.1 Å². The van der Waals surface area contributed by atoms with E-state index in [1.54, 1.807) is 42.8 Å². The van der Waals surface area contributed by atoms with Crippen molar-refractivity contribution in [3.05, 3.63) is 45.6 Å². The normalized spacial score (nSPS) is 11.8. The first kappa shape index (κ1) is 16.6. The molecule has 1 aromatic heterocycles. The van der Waals surface area contributed by atoms with E-state index in [1.165, 1.54) is 11.3 Å². The maximum Gasteiger partial charge on any atom is 0.262 e. The van der Waals surface area contributed by atoms with Crippen molar-refractivity contribution in [2.24, 2.45) is 0 Å². The van der Waals surface area contributed by atoms with E-state index in [4.69, 9.17) is 21.1 Å². The van der Waals surface area contributed by atoms with Crippen LogP contribution in [0.5, 0.6) is 11.5 Å². The first-order valence-electron chi connectivity index (χ1n) is 6.56. The van der Waals surface area contributed by atoms with E-state index in [-0.39, 0.29) is 19.1 Å². The van der Waals surface area contributed by atoms with Crippen molar-refractivity contribution in [3.63, 3.8) is 0 Å². The molecule has 0 aliphatic heterocycles. The summed E-state index contributed by atoms with van der Waals surface area (Å²) in [4.78, 5) is 12.3. The highest BCUT2D eigenvalue weighted by molar-refractivity contribution is 7.12. The van der Waals surface area contributed by atoms with E-state index < -0.39 is 6.10 Å². The average molecular weight is 342 g/mol. The van der Waals surface area contributed by atoms with Gasteiger partial charge in [0.15, 0.2) is 0 Å². The quantitative estimate of drug-likeness (QED) is 0.812. The fourth-order valence-electron chi connectivity index (χ4n) is 1.67. The lowest BCUT2D eigenvalue weighted by atomic mass is 10.3. The van der Waals surface area contributed by atoms with Gasteiger partial charge in [-0.2, -0.15) is 0 Å². The third-order valence-corrected chi connectivity index (χ3v) is 4.16. The molecule has 118 valence electrons. The van der Waals surface area contributed by atoms with Crippen LogP contribution in [0.25, 0.3) is 0 Å². The summed E-state index contributed by atoms with van der Waals surface area (Å²) in [5, 5.41) is 14.6. The predicted molar refractivity (Wildman–Crippen MR) is 86.2 cm³/mol. The summed E-state index contributed by atoms with van der Waals surface area (Å²) >= 11 is 7.12. The van der Waals surface area contributed by atoms with E-state index in [0.717, 1.165) is 5.75 Å². The van der Waals surface area contributed by atoms with Gasteiger partial charge in [-0.15, -0.1) is 11.3 Å². The van der Waals surface area contributed by atoms with Gasteiger partial charge < -0.3 is 19.9 Å². The fraction of sp³-hybridized carbons (Fsp3) is 0.267. The lowest BCUT2D eigenvalue weighted by Crippen LogP contribution is -2.35. The number of hydrogen-bond donors (Lipinski definition) is 2. The molecule has 0 aliphatic rings. The second kappa shape index (κ2) is 8.03. The number of ether oxygens (including phenoxy) is 2.